The van der Waals surface area contributed by atoms with E-state index in [4.69, 9.17) is 5.11 Å². The molecule has 110 valence electrons. The lowest BCUT2D eigenvalue weighted by atomic mass is 10.0. The maximum atomic E-state index is 11.5. The molecule has 0 aliphatic rings. The number of aliphatic carboxylic acids is 1. The predicted molar refractivity (Wildman–Crippen MR) is 75.2 cm³/mol. The summed E-state index contributed by atoms with van der Waals surface area (Å²) in [7, 11) is 0. The zero-order valence-corrected chi connectivity index (χ0v) is 12.4. The average Bonchev–Trinajstić information content (AvgIpc) is 2.38. The Bertz CT molecular complexity index is 321. The molecule has 3 amide bonds. The third-order valence-electron chi connectivity index (χ3n) is 3.11. The predicted octanol–water partition coefficient (Wildman–Crippen LogP) is 1.60. The topological polar surface area (TPSA) is 95.5 Å². The van der Waals surface area contributed by atoms with E-state index in [1.54, 1.807) is 11.8 Å². The summed E-state index contributed by atoms with van der Waals surface area (Å²) in [6.07, 6.45) is 3.34. The van der Waals surface area contributed by atoms with E-state index in [0.29, 0.717) is 6.54 Å². The normalized spacial score (nSPS) is 10.9. The Morgan fingerprint density at radius 2 is 1.74 bits per heavy atom. The van der Waals surface area contributed by atoms with Gasteiger partial charge in [0.1, 0.15) is 0 Å². The van der Waals surface area contributed by atoms with Crippen LogP contribution >= 0.6 is 11.8 Å². The van der Waals surface area contributed by atoms with Crippen LogP contribution in [0.4, 0.5) is 4.79 Å². The molecule has 0 saturated heterocycles. The number of carboxylic acid groups (broad SMARTS) is 1. The molecule has 0 aromatic carbocycles. The Kier molecular flexibility index (Phi) is 8.22. The zero-order chi connectivity index (χ0) is 14.9. The number of carbonyl (C=O) groups excluding carboxylic acids is 2. The minimum atomic E-state index is -1.06. The van der Waals surface area contributed by atoms with E-state index in [1.165, 1.54) is 0 Å². The van der Waals surface area contributed by atoms with Gasteiger partial charge in [-0.1, -0.05) is 13.8 Å². The third-order valence-corrected chi connectivity index (χ3v) is 4.70. The van der Waals surface area contributed by atoms with Gasteiger partial charge in [-0.05, 0) is 19.1 Å². The van der Waals surface area contributed by atoms with E-state index in [9.17, 15) is 14.4 Å². The highest BCUT2D eigenvalue weighted by Gasteiger charge is 2.25. The molecule has 6 nitrogen and oxygen atoms in total. The largest absolute Gasteiger partial charge is 0.481 e. The molecule has 7 heteroatoms. The highest BCUT2D eigenvalue weighted by atomic mass is 32.2. The highest BCUT2D eigenvalue weighted by Crippen LogP contribution is 2.29. The molecule has 0 fully saturated rings. The van der Waals surface area contributed by atoms with Crippen LogP contribution in [-0.2, 0) is 9.59 Å². The lowest BCUT2D eigenvalue weighted by molar-refractivity contribution is -0.138. The molecule has 0 unspecified atom stereocenters. The third kappa shape index (κ3) is 7.05. The molecule has 0 heterocycles. The molecule has 0 radical (unpaired) electrons. The average molecular weight is 290 g/mol. The molecule has 0 rings (SSSR count). The number of imide groups is 1. The van der Waals surface area contributed by atoms with Gasteiger partial charge in [0.05, 0.1) is 6.42 Å². The van der Waals surface area contributed by atoms with Crippen LogP contribution in [0.15, 0.2) is 0 Å². The standard InChI is InChI=1S/C12H22N2O4S/c1-4-12(5-2,19-3)8-13-11(18)14-9(15)6-7-10(16)17/h4-8H2,1-3H3,(H,16,17)(H2,13,14,15,18). The van der Waals surface area contributed by atoms with Crippen molar-refractivity contribution in [1.82, 2.24) is 10.6 Å². The summed E-state index contributed by atoms with van der Waals surface area (Å²) in [6, 6.07) is -0.573. The first-order valence-corrected chi connectivity index (χ1v) is 7.46. The molecule has 0 spiro atoms. The van der Waals surface area contributed by atoms with Crippen molar-refractivity contribution in [3.8, 4) is 0 Å². The van der Waals surface area contributed by atoms with Gasteiger partial charge in [-0.25, -0.2) is 4.79 Å². The van der Waals surface area contributed by atoms with Crippen molar-refractivity contribution >= 4 is 29.7 Å². The SMILES string of the molecule is CCC(CC)(CNC(=O)NC(=O)CCC(=O)O)SC. The van der Waals surface area contributed by atoms with Gasteiger partial charge in [0.25, 0.3) is 0 Å². The van der Waals surface area contributed by atoms with Crippen molar-refractivity contribution in [2.24, 2.45) is 0 Å². The number of hydrogen-bond acceptors (Lipinski definition) is 4. The second kappa shape index (κ2) is 8.79. The molecule has 0 bridgehead atoms. The first kappa shape index (κ1) is 17.8. The fraction of sp³-hybridized carbons (Fsp3) is 0.750. The molecule has 0 aromatic rings. The van der Waals surface area contributed by atoms with Gasteiger partial charge in [-0.15, -0.1) is 0 Å². The summed E-state index contributed by atoms with van der Waals surface area (Å²) in [5.41, 5.74) is 0. The zero-order valence-electron chi connectivity index (χ0n) is 11.6. The lowest BCUT2D eigenvalue weighted by Crippen LogP contribution is -2.46. The molecule has 19 heavy (non-hydrogen) atoms. The van der Waals surface area contributed by atoms with Gasteiger partial charge >= 0.3 is 12.0 Å². The molecule has 3 N–H and O–H groups in total. The van der Waals surface area contributed by atoms with E-state index < -0.39 is 17.9 Å². The second-order valence-corrected chi connectivity index (χ2v) is 5.49. The minimum Gasteiger partial charge on any atom is -0.481 e. The maximum Gasteiger partial charge on any atom is 0.321 e. The van der Waals surface area contributed by atoms with E-state index >= 15 is 0 Å². The Labute approximate surface area is 117 Å². The highest BCUT2D eigenvalue weighted by molar-refractivity contribution is 8.00. The minimum absolute atomic E-state index is 0.0263. The number of carbonyl (C=O) groups is 3. The number of amides is 3. The molecular weight excluding hydrogens is 268 g/mol. The van der Waals surface area contributed by atoms with Crippen molar-refractivity contribution in [2.75, 3.05) is 12.8 Å². The first-order chi connectivity index (χ1) is 8.89. The number of nitrogens with one attached hydrogen (secondary N) is 2. The van der Waals surface area contributed by atoms with E-state index in [0.717, 1.165) is 12.8 Å². The van der Waals surface area contributed by atoms with Gasteiger partial charge in [0, 0.05) is 17.7 Å². The second-order valence-electron chi connectivity index (χ2n) is 4.22. The number of hydrogen-bond donors (Lipinski definition) is 3. The van der Waals surface area contributed by atoms with Crippen molar-refractivity contribution in [2.45, 2.75) is 44.3 Å². The smallest absolute Gasteiger partial charge is 0.321 e. The maximum absolute atomic E-state index is 11.5. The molecule has 0 saturated carbocycles. The summed E-state index contributed by atoms with van der Waals surface area (Å²) >= 11 is 1.69. The quantitative estimate of drug-likeness (QED) is 0.631. The summed E-state index contributed by atoms with van der Waals surface area (Å²) in [4.78, 5) is 33.0. The van der Waals surface area contributed by atoms with Crippen LogP contribution < -0.4 is 10.6 Å². The van der Waals surface area contributed by atoms with Crippen LogP contribution in [0, 0.1) is 0 Å². The summed E-state index contributed by atoms with van der Waals surface area (Å²) in [5.74, 6) is -1.64. The van der Waals surface area contributed by atoms with Gasteiger partial charge < -0.3 is 10.4 Å². The van der Waals surface area contributed by atoms with Crippen LogP contribution in [0.2, 0.25) is 0 Å². The number of carboxylic acids is 1. The van der Waals surface area contributed by atoms with Crippen LogP contribution in [0.25, 0.3) is 0 Å². The van der Waals surface area contributed by atoms with Crippen LogP contribution in [-0.4, -0.2) is 40.6 Å². The van der Waals surface area contributed by atoms with Crippen LogP contribution in [0.1, 0.15) is 39.5 Å². The van der Waals surface area contributed by atoms with Crippen molar-refractivity contribution in [3.05, 3.63) is 0 Å². The summed E-state index contributed by atoms with van der Waals surface area (Å²) < 4.78 is -0.0263. The van der Waals surface area contributed by atoms with E-state index in [1.807, 2.05) is 6.26 Å². The van der Waals surface area contributed by atoms with Gasteiger partial charge in [0.15, 0.2) is 0 Å². The van der Waals surface area contributed by atoms with E-state index in [2.05, 4.69) is 24.5 Å². The van der Waals surface area contributed by atoms with Crippen LogP contribution in [0.3, 0.4) is 0 Å². The Morgan fingerprint density at radius 3 is 2.16 bits per heavy atom. The molecule has 0 aromatic heterocycles. The van der Waals surface area contributed by atoms with Crippen molar-refractivity contribution < 1.29 is 19.5 Å². The fourth-order valence-electron chi connectivity index (χ4n) is 1.56. The van der Waals surface area contributed by atoms with Gasteiger partial charge in [-0.3, -0.25) is 14.9 Å². The summed E-state index contributed by atoms with van der Waals surface area (Å²) in [5, 5.41) is 13.2. The number of thioether (sulfide) groups is 1. The van der Waals surface area contributed by atoms with Gasteiger partial charge in [0.2, 0.25) is 5.91 Å². The fourth-order valence-corrected chi connectivity index (χ4v) is 2.35. The number of urea groups is 1. The lowest BCUT2D eigenvalue weighted by Gasteiger charge is -2.29. The summed E-state index contributed by atoms with van der Waals surface area (Å²) in [6.45, 7) is 4.58. The Hall–Kier alpha value is -1.24. The number of rotatable bonds is 8. The molecule has 0 atom stereocenters. The molecular formula is C12H22N2O4S. The Morgan fingerprint density at radius 1 is 1.16 bits per heavy atom. The Balaban J connectivity index is 4.11. The van der Waals surface area contributed by atoms with Crippen LogP contribution in [0.5, 0.6) is 0 Å². The monoisotopic (exact) mass is 290 g/mol. The van der Waals surface area contributed by atoms with Crippen molar-refractivity contribution in [1.29, 1.82) is 0 Å². The van der Waals surface area contributed by atoms with E-state index in [-0.39, 0.29) is 17.6 Å². The van der Waals surface area contributed by atoms with Crippen molar-refractivity contribution in [3.63, 3.8) is 0 Å². The van der Waals surface area contributed by atoms with Gasteiger partial charge in [-0.2, -0.15) is 11.8 Å². The molecule has 0 aliphatic heterocycles. The molecule has 0 aliphatic carbocycles. The first-order valence-electron chi connectivity index (χ1n) is 6.23.